The van der Waals surface area contributed by atoms with Gasteiger partial charge in [-0.1, -0.05) is 18.2 Å². The number of rotatable bonds is 2. The highest BCUT2D eigenvalue weighted by Gasteiger charge is 2.38. The molecule has 1 fully saturated rings. The highest BCUT2D eigenvalue weighted by atomic mass is 32.2. The van der Waals surface area contributed by atoms with Gasteiger partial charge in [-0.15, -0.1) is 0 Å². The number of hydrogen-bond acceptors (Lipinski definition) is 3. The number of nitrogens with one attached hydrogen (secondary N) is 1. The second kappa shape index (κ2) is 4.07. The summed E-state index contributed by atoms with van der Waals surface area (Å²) in [7, 11) is -3.14. The Morgan fingerprint density at radius 1 is 1.28 bits per heavy atom. The van der Waals surface area contributed by atoms with Gasteiger partial charge in [0.1, 0.15) is 0 Å². The Bertz CT molecular complexity index is 575. The third-order valence-electron chi connectivity index (χ3n) is 4.01. The summed E-state index contributed by atoms with van der Waals surface area (Å²) in [6.07, 6.45) is 3.13. The first-order chi connectivity index (χ1) is 8.50. The minimum Gasteiger partial charge on any atom is -0.307 e. The molecule has 18 heavy (non-hydrogen) atoms. The predicted octanol–water partition coefficient (Wildman–Crippen LogP) is 2.35. The van der Waals surface area contributed by atoms with Crippen LogP contribution >= 0.6 is 0 Å². The van der Waals surface area contributed by atoms with Crippen molar-refractivity contribution in [3.63, 3.8) is 0 Å². The van der Waals surface area contributed by atoms with Crippen LogP contribution in [0.2, 0.25) is 0 Å². The maximum atomic E-state index is 12.4. The van der Waals surface area contributed by atoms with Crippen LogP contribution in [0.4, 0.5) is 0 Å². The molecule has 0 amide bonds. The molecule has 0 radical (unpaired) electrons. The van der Waals surface area contributed by atoms with Gasteiger partial charge in [-0.25, -0.2) is 8.42 Å². The normalized spacial score (nSPS) is 29.9. The molecule has 0 spiro atoms. The second-order valence-corrected chi connectivity index (χ2v) is 7.88. The minimum atomic E-state index is -3.14. The standard InChI is InChI=1S/C14H19NO2S/c1-9-4-3-5-12-13(15-11-6-7-11)8-10(2)18(16,17)14(9)12/h3-5,10-11,13,15H,6-8H2,1-2H3. The van der Waals surface area contributed by atoms with Crippen LogP contribution in [0.5, 0.6) is 0 Å². The molecular weight excluding hydrogens is 246 g/mol. The number of hydrogen-bond donors (Lipinski definition) is 1. The quantitative estimate of drug-likeness (QED) is 0.893. The molecule has 2 atom stereocenters. The van der Waals surface area contributed by atoms with E-state index in [1.54, 1.807) is 0 Å². The van der Waals surface area contributed by atoms with Gasteiger partial charge in [0.25, 0.3) is 0 Å². The topological polar surface area (TPSA) is 46.2 Å². The van der Waals surface area contributed by atoms with Crippen molar-refractivity contribution in [1.82, 2.24) is 5.32 Å². The molecule has 3 nitrogen and oxygen atoms in total. The number of fused-ring (bicyclic) bond motifs is 1. The molecule has 3 rings (SSSR count). The molecule has 2 unspecified atom stereocenters. The van der Waals surface area contributed by atoms with Crippen LogP contribution in [0, 0.1) is 6.92 Å². The van der Waals surface area contributed by atoms with E-state index in [2.05, 4.69) is 5.32 Å². The van der Waals surface area contributed by atoms with E-state index in [9.17, 15) is 8.42 Å². The Morgan fingerprint density at radius 2 is 2.00 bits per heavy atom. The average Bonchev–Trinajstić information content (AvgIpc) is 3.09. The van der Waals surface area contributed by atoms with Crippen molar-refractivity contribution in [3.8, 4) is 0 Å². The first kappa shape index (κ1) is 12.2. The fraction of sp³-hybridized carbons (Fsp3) is 0.571. The molecule has 98 valence electrons. The van der Waals surface area contributed by atoms with E-state index in [-0.39, 0.29) is 11.3 Å². The lowest BCUT2D eigenvalue weighted by molar-refractivity contribution is 0.460. The van der Waals surface area contributed by atoms with Gasteiger partial charge in [0.2, 0.25) is 0 Å². The van der Waals surface area contributed by atoms with Crippen molar-refractivity contribution in [2.75, 3.05) is 0 Å². The number of aryl methyl sites for hydroxylation is 1. The zero-order valence-corrected chi connectivity index (χ0v) is 11.6. The van der Waals surface area contributed by atoms with Crippen molar-refractivity contribution in [2.24, 2.45) is 0 Å². The molecule has 1 aromatic rings. The van der Waals surface area contributed by atoms with Crippen LogP contribution in [-0.4, -0.2) is 19.7 Å². The lowest BCUT2D eigenvalue weighted by Crippen LogP contribution is -2.35. The number of benzene rings is 1. The SMILES string of the molecule is Cc1cccc2c1S(=O)(=O)C(C)CC2NC1CC1. The molecule has 1 aliphatic heterocycles. The molecule has 0 bridgehead atoms. The van der Waals surface area contributed by atoms with E-state index in [4.69, 9.17) is 0 Å². The molecule has 0 saturated heterocycles. The first-order valence-electron chi connectivity index (χ1n) is 6.59. The van der Waals surface area contributed by atoms with E-state index in [0.29, 0.717) is 17.4 Å². The summed E-state index contributed by atoms with van der Waals surface area (Å²) >= 11 is 0. The summed E-state index contributed by atoms with van der Waals surface area (Å²) in [5.74, 6) is 0. The van der Waals surface area contributed by atoms with Gasteiger partial charge in [0.05, 0.1) is 10.1 Å². The molecule has 0 aromatic heterocycles. The highest BCUT2D eigenvalue weighted by Crippen LogP contribution is 2.39. The fourth-order valence-electron chi connectivity index (χ4n) is 2.82. The van der Waals surface area contributed by atoms with Crippen molar-refractivity contribution < 1.29 is 8.42 Å². The smallest absolute Gasteiger partial charge is 0.181 e. The molecule has 1 saturated carbocycles. The Labute approximate surface area is 109 Å². The van der Waals surface area contributed by atoms with Gasteiger partial charge in [-0.3, -0.25) is 0 Å². The van der Waals surface area contributed by atoms with Gasteiger partial charge in [-0.2, -0.15) is 0 Å². The van der Waals surface area contributed by atoms with E-state index in [1.165, 1.54) is 12.8 Å². The highest BCUT2D eigenvalue weighted by molar-refractivity contribution is 7.92. The third kappa shape index (κ3) is 1.88. The van der Waals surface area contributed by atoms with E-state index >= 15 is 0 Å². The molecule has 1 aliphatic carbocycles. The van der Waals surface area contributed by atoms with E-state index in [1.807, 2.05) is 32.0 Å². The maximum absolute atomic E-state index is 12.4. The second-order valence-electron chi connectivity index (χ2n) is 5.58. The minimum absolute atomic E-state index is 0.200. The molecule has 1 heterocycles. The van der Waals surface area contributed by atoms with Crippen LogP contribution in [0.25, 0.3) is 0 Å². The van der Waals surface area contributed by atoms with E-state index < -0.39 is 9.84 Å². The Kier molecular flexibility index (Phi) is 2.75. The predicted molar refractivity (Wildman–Crippen MR) is 71.3 cm³/mol. The summed E-state index contributed by atoms with van der Waals surface area (Å²) in [6.45, 7) is 3.72. The molecule has 4 heteroatoms. The Hall–Kier alpha value is -0.870. The average molecular weight is 265 g/mol. The number of sulfone groups is 1. The first-order valence-corrected chi connectivity index (χ1v) is 8.14. The van der Waals surface area contributed by atoms with Gasteiger partial charge in [-0.05, 0) is 44.2 Å². The monoisotopic (exact) mass is 265 g/mol. The van der Waals surface area contributed by atoms with E-state index in [0.717, 1.165) is 11.1 Å². The fourth-order valence-corrected chi connectivity index (χ4v) is 4.72. The zero-order valence-electron chi connectivity index (χ0n) is 10.8. The van der Waals surface area contributed by atoms with Crippen LogP contribution in [0.15, 0.2) is 23.1 Å². The Morgan fingerprint density at radius 3 is 2.67 bits per heavy atom. The summed E-state index contributed by atoms with van der Waals surface area (Å²) in [6, 6.07) is 6.61. The van der Waals surface area contributed by atoms with Crippen molar-refractivity contribution in [3.05, 3.63) is 29.3 Å². The summed E-state index contributed by atoms with van der Waals surface area (Å²) in [4.78, 5) is 0.571. The third-order valence-corrected chi connectivity index (χ3v) is 6.39. The largest absolute Gasteiger partial charge is 0.307 e. The maximum Gasteiger partial charge on any atom is 0.181 e. The summed E-state index contributed by atoms with van der Waals surface area (Å²) in [5.41, 5.74) is 1.85. The Balaban J connectivity index is 2.11. The van der Waals surface area contributed by atoms with Crippen LogP contribution < -0.4 is 5.32 Å². The summed E-state index contributed by atoms with van der Waals surface area (Å²) in [5, 5.41) is 3.29. The zero-order chi connectivity index (χ0) is 12.9. The van der Waals surface area contributed by atoms with Crippen LogP contribution in [0.1, 0.15) is 43.4 Å². The summed E-state index contributed by atoms with van der Waals surface area (Å²) < 4.78 is 24.9. The van der Waals surface area contributed by atoms with Gasteiger partial charge in [0, 0.05) is 12.1 Å². The lowest BCUT2D eigenvalue weighted by atomic mass is 9.99. The van der Waals surface area contributed by atoms with Crippen LogP contribution in [-0.2, 0) is 9.84 Å². The molecule has 2 aliphatic rings. The van der Waals surface area contributed by atoms with Crippen LogP contribution in [0.3, 0.4) is 0 Å². The van der Waals surface area contributed by atoms with Crippen molar-refractivity contribution >= 4 is 9.84 Å². The molecule has 1 aromatic carbocycles. The van der Waals surface area contributed by atoms with Gasteiger partial charge >= 0.3 is 0 Å². The van der Waals surface area contributed by atoms with Gasteiger partial charge < -0.3 is 5.32 Å². The van der Waals surface area contributed by atoms with Crippen molar-refractivity contribution in [2.45, 2.75) is 55.3 Å². The lowest BCUT2D eigenvalue weighted by Gasteiger charge is -2.31. The molecular formula is C14H19NO2S. The van der Waals surface area contributed by atoms with Gasteiger partial charge in [0.15, 0.2) is 9.84 Å². The van der Waals surface area contributed by atoms with Crippen molar-refractivity contribution in [1.29, 1.82) is 0 Å². The molecule has 1 N–H and O–H groups in total.